The van der Waals surface area contributed by atoms with Crippen LogP contribution in [-0.4, -0.2) is 40.0 Å². The molecule has 3 aromatic rings. The number of hydrogen-bond acceptors (Lipinski definition) is 5. The fourth-order valence-electron chi connectivity index (χ4n) is 3.59. The van der Waals surface area contributed by atoms with Gasteiger partial charge in [0.25, 0.3) is 5.91 Å². The van der Waals surface area contributed by atoms with Gasteiger partial charge in [0.2, 0.25) is 5.91 Å². The fourth-order valence-corrected chi connectivity index (χ4v) is 3.98. The SMILES string of the molecule is COc1ccc(NC(=O)C[C@@H]2C(=O)N(c3ccc(F)cc3)C(=S)N2Cc2cccnc2)cc1. The van der Waals surface area contributed by atoms with Crippen LogP contribution in [0.1, 0.15) is 12.0 Å². The van der Waals surface area contributed by atoms with E-state index in [1.54, 1.807) is 54.7 Å². The molecule has 0 saturated carbocycles. The van der Waals surface area contributed by atoms with Gasteiger partial charge in [0.15, 0.2) is 5.11 Å². The van der Waals surface area contributed by atoms with Gasteiger partial charge in [0.05, 0.1) is 19.2 Å². The summed E-state index contributed by atoms with van der Waals surface area (Å²) in [6, 6.07) is 15.2. The Morgan fingerprint density at radius 3 is 2.52 bits per heavy atom. The van der Waals surface area contributed by atoms with Gasteiger partial charge in [-0.1, -0.05) is 6.07 Å². The Labute approximate surface area is 195 Å². The van der Waals surface area contributed by atoms with Gasteiger partial charge >= 0.3 is 0 Å². The molecule has 0 radical (unpaired) electrons. The standard InChI is InChI=1S/C24H21FN4O3S/c1-32-20-10-6-18(7-11-20)27-22(30)13-21-23(31)29(19-8-4-17(25)5-9-19)24(33)28(21)15-16-3-2-12-26-14-16/h2-12,14,21H,13,15H2,1H3,(H,27,30)/t21-/m1/s1. The number of carbonyl (C=O) groups is 2. The van der Waals surface area contributed by atoms with Crippen LogP contribution in [0.3, 0.4) is 0 Å². The second-order valence-electron chi connectivity index (χ2n) is 7.42. The van der Waals surface area contributed by atoms with Crippen LogP contribution < -0.4 is 15.0 Å². The molecule has 168 valence electrons. The molecule has 2 amide bonds. The molecule has 1 aromatic heterocycles. The Morgan fingerprint density at radius 1 is 1.15 bits per heavy atom. The predicted molar refractivity (Wildman–Crippen MR) is 126 cm³/mol. The number of amides is 2. The van der Waals surface area contributed by atoms with Crippen LogP contribution in [0.4, 0.5) is 15.8 Å². The first-order chi connectivity index (χ1) is 16.0. The third-order valence-corrected chi connectivity index (χ3v) is 5.65. The number of benzene rings is 2. The van der Waals surface area contributed by atoms with E-state index in [1.165, 1.54) is 29.2 Å². The summed E-state index contributed by atoms with van der Waals surface area (Å²) in [5, 5.41) is 3.05. The minimum Gasteiger partial charge on any atom is -0.497 e. The van der Waals surface area contributed by atoms with Crippen molar-refractivity contribution >= 4 is 40.5 Å². The highest BCUT2D eigenvalue weighted by Gasteiger charge is 2.44. The molecule has 0 spiro atoms. The third-order valence-electron chi connectivity index (χ3n) is 5.23. The maximum absolute atomic E-state index is 13.4. The van der Waals surface area contributed by atoms with Crippen LogP contribution in [0.25, 0.3) is 0 Å². The zero-order chi connectivity index (χ0) is 23.4. The molecule has 2 heterocycles. The number of nitrogens with one attached hydrogen (secondary N) is 1. The number of methoxy groups -OCH3 is 1. The first-order valence-corrected chi connectivity index (χ1v) is 10.6. The van der Waals surface area contributed by atoms with Crippen LogP contribution in [0.15, 0.2) is 73.1 Å². The van der Waals surface area contributed by atoms with Gasteiger partial charge in [-0.15, -0.1) is 0 Å². The van der Waals surface area contributed by atoms with Crippen molar-refractivity contribution < 1.29 is 18.7 Å². The highest BCUT2D eigenvalue weighted by molar-refractivity contribution is 7.80. The van der Waals surface area contributed by atoms with E-state index in [0.29, 0.717) is 23.7 Å². The molecule has 1 N–H and O–H groups in total. The van der Waals surface area contributed by atoms with Gasteiger partial charge in [0.1, 0.15) is 17.6 Å². The monoisotopic (exact) mass is 464 g/mol. The van der Waals surface area contributed by atoms with Gasteiger partial charge in [-0.05, 0) is 72.4 Å². The van der Waals surface area contributed by atoms with Crippen molar-refractivity contribution in [2.24, 2.45) is 0 Å². The summed E-state index contributed by atoms with van der Waals surface area (Å²) in [6.45, 7) is 0.302. The molecule has 0 bridgehead atoms. The van der Waals surface area contributed by atoms with E-state index in [9.17, 15) is 14.0 Å². The summed E-state index contributed by atoms with van der Waals surface area (Å²) in [5.74, 6) is -0.431. The van der Waals surface area contributed by atoms with Crippen LogP contribution in [0.2, 0.25) is 0 Å². The number of aromatic nitrogens is 1. The highest BCUT2D eigenvalue weighted by Crippen LogP contribution is 2.29. The summed E-state index contributed by atoms with van der Waals surface area (Å²) in [6.07, 6.45) is 3.23. The van der Waals surface area contributed by atoms with Crippen molar-refractivity contribution in [2.45, 2.75) is 19.0 Å². The Hall–Kier alpha value is -3.85. The number of nitrogens with zero attached hydrogens (tertiary/aromatic N) is 3. The van der Waals surface area contributed by atoms with Gasteiger partial charge in [-0.25, -0.2) is 4.39 Å². The summed E-state index contributed by atoms with van der Waals surface area (Å²) in [7, 11) is 1.56. The quantitative estimate of drug-likeness (QED) is 0.537. The maximum Gasteiger partial charge on any atom is 0.256 e. The van der Waals surface area contributed by atoms with E-state index in [1.807, 2.05) is 6.07 Å². The van der Waals surface area contributed by atoms with E-state index in [-0.39, 0.29) is 23.3 Å². The van der Waals surface area contributed by atoms with Gasteiger partial charge in [0, 0.05) is 24.6 Å². The van der Waals surface area contributed by atoms with Crippen LogP contribution in [0.5, 0.6) is 5.75 Å². The van der Waals surface area contributed by atoms with E-state index in [4.69, 9.17) is 17.0 Å². The van der Waals surface area contributed by atoms with Crippen LogP contribution >= 0.6 is 12.2 Å². The van der Waals surface area contributed by atoms with Crippen LogP contribution in [-0.2, 0) is 16.1 Å². The lowest BCUT2D eigenvalue weighted by Gasteiger charge is -2.23. The normalized spacial score (nSPS) is 15.6. The number of hydrogen-bond donors (Lipinski definition) is 1. The summed E-state index contributed by atoms with van der Waals surface area (Å²) >= 11 is 5.61. The smallest absolute Gasteiger partial charge is 0.256 e. The number of thiocarbonyl (C=S) groups is 1. The van der Waals surface area contributed by atoms with Gasteiger partial charge < -0.3 is 15.0 Å². The molecule has 4 rings (SSSR count). The fraction of sp³-hybridized carbons (Fsp3) is 0.167. The molecule has 1 atom stereocenters. The maximum atomic E-state index is 13.4. The first kappa shape index (κ1) is 22.3. The predicted octanol–water partition coefficient (Wildman–Crippen LogP) is 3.76. The average Bonchev–Trinajstić information content (AvgIpc) is 3.05. The minimum atomic E-state index is -0.819. The minimum absolute atomic E-state index is 0.108. The summed E-state index contributed by atoms with van der Waals surface area (Å²) in [4.78, 5) is 33.3. The number of anilines is 2. The van der Waals surface area contributed by atoms with Crippen LogP contribution in [0, 0.1) is 5.82 Å². The van der Waals surface area contributed by atoms with E-state index in [2.05, 4.69) is 10.3 Å². The first-order valence-electron chi connectivity index (χ1n) is 10.2. The Kier molecular flexibility index (Phi) is 6.60. The lowest BCUT2D eigenvalue weighted by molar-refractivity contribution is -0.124. The van der Waals surface area contributed by atoms with Crippen molar-refractivity contribution in [1.82, 2.24) is 9.88 Å². The number of rotatable bonds is 7. The third kappa shape index (κ3) is 4.98. The van der Waals surface area contributed by atoms with Crippen molar-refractivity contribution in [3.63, 3.8) is 0 Å². The van der Waals surface area contributed by atoms with E-state index >= 15 is 0 Å². The largest absolute Gasteiger partial charge is 0.497 e. The molecule has 7 nitrogen and oxygen atoms in total. The van der Waals surface area contributed by atoms with E-state index in [0.717, 1.165) is 5.56 Å². The second-order valence-corrected chi connectivity index (χ2v) is 7.78. The van der Waals surface area contributed by atoms with Gasteiger partial charge in [-0.2, -0.15) is 0 Å². The molecular formula is C24H21FN4O3S. The lowest BCUT2D eigenvalue weighted by Crippen LogP contribution is -2.37. The molecule has 1 saturated heterocycles. The van der Waals surface area contributed by atoms with Gasteiger partial charge in [-0.3, -0.25) is 19.5 Å². The molecule has 0 unspecified atom stereocenters. The molecule has 2 aromatic carbocycles. The molecule has 9 heteroatoms. The van der Waals surface area contributed by atoms with Crippen molar-refractivity contribution in [3.8, 4) is 5.75 Å². The topological polar surface area (TPSA) is 74.8 Å². The zero-order valence-corrected chi connectivity index (χ0v) is 18.6. The Bertz CT molecular complexity index is 1160. The zero-order valence-electron chi connectivity index (χ0n) is 17.8. The highest BCUT2D eigenvalue weighted by atomic mass is 32.1. The van der Waals surface area contributed by atoms with Crippen molar-refractivity contribution in [1.29, 1.82) is 0 Å². The Morgan fingerprint density at radius 2 is 1.88 bits per heavy atom. The Balaban J connectivity index is 1.57. The molecule has 1 aliphatic heterocycles. The number of carbonyl (C=O) groups excluding carboxylic acids is 2. The average molecular weight is 465 g/mol. The summed E-state index contributed by atoms with van der Waals surface area (Å²) in [5.41, 5.74) is 1.87. The molecule has 0 aliphatic carbocycles. The number of ether oxygens (including phenoxy) is 1. The van der Waals surface area contributed by atoms with E-state index < -0.39 is 11.9 Å². The second kappa shape index (κ2) is 9.74. The summed E-state index contributed by atoms with van der Waals surface area (Å²) < 4.78 is 18.5. The number of halogens is 1. The van der Waals surface area contributed by atoms with Crippen molar-refractivity contribution in [3.05, 3.63) is 84.4 Å². The lowest BCUT2D eigenvalue weighted by atomic mass is 10.1. The molecule has 1 fully saturated rings. The number of pyridine rings is 1. The molecule has 1 aliphatic rings. The molecular weight excluding hydrogens is 443 g/mol. The van der Waals surface area contributed by atoms with Crippen molar-refractivity contribution in [2.75, 3.05) is 17.3 Å². The molecule has 33 heavy (non-hydrogen) atoms.